The molecule has 4 rings (SSSR count). The van der Waals surface area contributed by atoms with Crippen LogP contribution in [0.25, 0.3) is 10.8 Å². The van der Waals surface area contributed by atoms with Crippen molar-refractivity contribution in [3.8, 4) is 5.75 Å². The molecular weight excluding hydrogens is 398 g/mol. The van der Waals surface area contributed by atoms with Crippen molar-refractivity contribution in [3.05, 3.63) is 108 Å². The molecule has 0 radical (unpaired) electrons. The van der Waals surface area contributed by atoms with Gasteiger partial charge in [-0.15, -0.1) is 0 Å². The highest BCUT2D eigenvalue weighted by atomic mass is 16.5. The Morgan fingerprint density at radius 2 is 1.56 bits per heavy atom. The molecule has 0 aliphatic heterocycles. The van der Waals surface area contributed by atoms with E-state index in [1.807, 2.05) is 54.6 Å². The number of benzene rings is 4. The van der Waals surface area contributed by atoms with Crippen molar-refractivity contribution in [3.63, 3.8) is 0 Å². The zero-order chi connectivity index (χ0) is 22.3. The summed E-state index contributed by atoms with van der Waals surface area (Å²) >= 11 is 0. The number of nitrogens with one attached hydrogen (secondary N) is 1. The smallest absolute Gasteiger partial charge is 0.255 e. The van der Waals surface area contributed by atoms with Crippen LogP contribution in [0.5, 0.6) is 5.75 Å². The van der Waals surface area contributed by atoms with Crippen molar-refractivity contribution >= 4 is 28.2 Å². The number of methoxy groups -OCH3 is 1. The fraction of sp³-hybridized carbons (Fsp3) is 0.143. The van der Waals surface area contributed by atoms with Crippen LogP contribution in [0.2, 0.25) is 0 Å². The van der Waals surface area contributed by atoms with Crippen molar-refractivity contribution in [2.75, 3.05) is 12.4 Å². The van der Waals surface area contributed by atoms with Gasteiger partial charge >= 0.3 is 0 Å². The number of aryl methyl sites for hydroxylation is 1. The van der Waals surface area contributed by atoms with Crippen LogP contribution in [0.1, 0.15) is 39.1 Å². The van der Waals surface area contributed by atoms with Crippen molar-refractivity contribution in [2.45, 2.75) is 19.3 Å². The van der Waals surface area contributed by atoms with Gasteiger partial charge in [0, 0.05) is 23.6 Å². The largest absolute Gasteiger partial charge is 0.497 e. The van der Waals surface area contributed by atoms with Crippen LogP contribution in [0.15, 0.2) is 91.0 Å². The average molecular weight is 424 g/mol. The number of anilines is 1. The van der Waals surface area contributed by atoms with Gasteiger partial charge in [0.05, 0.1) is 12.8 Å². The number of ketones is 1. The first-order valence-corrected chi connectivity index (χ1v) is 10.7. The maximum Gasteiger partial charge on any atom is 0.255 e. The highest BCUT2D eigenvalue weighted by Gasteiger charge is 2.16. The number of hydrogen-bond acceptors (Lipinski definition) is 3. The predicted octanol–water partition coefficient (Wildman–Crippen LogP) is 6.31. The summed E-state index contributed by atoms with van der Waals surface area (Å²) in [5.41, 5.74) is 2.70. The number of fused-ring (bicyclic) bond motifs is 1. The highest BCUT2D eigenvalue weighted by Crippen LogP contribution is 2.26. The molecule has 0 bridgehead atoms. The Bertz CT molecular complexity index is 1250. The lowest BCUT2D eigenvalue weighted by Gasteiger charge is -2.13. The van der Waals surface area contributed by atoms with Crippen LogP contribution in [-0.4, -0.2) is 18.8 Å². The van der Waals surface area contributed by atoms with Gasteiger partial charge in [-0.2, -0.15) is 0 Å². The zero-order valence-electron chi connectivity index (χ0n) is 18.0. The number of carbonyl (C=O) groups excluding carboxylic acids is 2. The molecule has 4 aromatic carbocycles. The number of hydrogen-bond donors (Lipinski definition) is 1. The number of Topliss-reactive ketones (excluding diaryl/α,β-unsaturated/α-hetero) is 1. The summed E-state index contributed by atoms with van der Waals surface area (Å²) in [6.45, 7) is 0. The number of carbonyl (C=O) groups is 2. The van der Waals surface area contributed by atoms with E-state index in [4.69, 9.17) is 4.74 Å². The Kier molecular flexibility index (Phi) is 6.61. The van der Waals surface area contributed by atoms with Gasteiger partial charge in [-0.05, 0) is 53.4 Å². The molecule has 0 aromatic heterocycles. The number of amides is 1. The molecule has 0 unspecified atom stereocenters. The van der Waals surface area contributed by atoms with Gasteiger partial charge in [0.15, 0.2) is 5.78 Å². The molecule has 0 spiro atoms. The number of ether oxygens (including phenoxy) is 1. The molecule has 4 heteroatoms. The molecule has 0 atom stereocenters. The Morgan fingerprint density at radius 3 is 2.34 bits per heavy atom. The second kappa shape index (κ2) is 9.92. The fourth-order valence-corrected chi connectivity index (χ4v) is 3.75. The van der Waals surface area contributed by atoms with E-state index in [9.17, 15) is 9.59 Å². The van der Waals surface area contributed by atoms with Gasteiger partial charge in [0.2, 0.25) is 0 Å². The van der Waals surface area contributed by atoms with E-state index in [-0.39, 0.29) is 11.7 Å². The normalized spacial score (nSPS) is 10.7. The monoisotopic (exact) mass is 423 g/mol. The van der Waals surface area contributed by atoms with Crippen LogP contribution in [-0.2, 0) is 6.42 Å². The van der Waals surface area contributed by atoms with Crippen molar-refractivity contribution in [2.24, 2.45) is 0 Å². The third-order valence-corrected chi connectivity index (χ3v) is 5.50. The molecule has 0 saturated carbocycles. The number of rotatable bonds is 8. The van der Waals surface area contributed by atoms with Crippen LogP contribution < -0.4 is 10.1 Å². The van der Waals surface area contributed by atoms with Gasteiger partial charge in [-0.1, -0.05) is 60.7 Å². The summed E-state index contributed by atoms with van der Waals surface area (Å²) in [5.74, 6) is 0.319. The molecule has 0 aliphatic rings. The van der Waals surface area contributed by atoms with E-state index >= 15 is 0 Å². The van der Waals surface area contributed by atoms with E-state index in [1.54, 1.807) is 31.4 Å². The Morgan fingerprint density at radius 1 is 0.812 bits per heavy atom. The van der Waals surface area contributed by atoms with E-state index in [1.165, 1.54) is 5.56 Å². The molecule has 32 heavy (non-hydrogen) atoms. The Hall–Kier alpha value is -3.92. The first kappa shape index (κ1) is 21.3. The van der Waals surface area contributed by atoms with E-state index in [0.29, 0.717) is 29.0 Å². The molecule has 1 N–H and O–H groups in total. The maximum absolute atomic E-state index is 13.0. The summed E-state index contributed by atoms with van der Waals surface area (Å²) < 4.78 is 5.31. The van der Waals surface area contributed by atoms with E-state index in [0.717, 1.165) is 23.6 Å². The lowest BCUT2D eigenvalue weighted by Crippen LogP contribution is -2.15. The minimum atomic E-state index is -0.262. The van der Waals surface area contributed by atoms with Crippen molar-refractivity contribution < 1.29 is 14.3 Å². The Labute approximate surface area is 187 Å². The lowest BCUT2D eigenvalue weighted by atomic mass is 10.0. The standard InChI is InChI=1S/C28H25NO3/c1-32-24-16-17-25(27(30)13-7-10-20-8-3-2-4-9-20)26(19-24)29-28(31)23-15-14-21-11-5-6-12-22(21)18-23/h2-6,8-9,11-12,14-19H,7,10,13H2,1H3,(H,29,31). The first-order valence-electron chi connectivity index (χ1n) is 10.7. The molecule has 0 heterocycles. The molecular formula is C28H25NO3. The highest BCUT2D eigenvalue weighted by molar-refractivity contribution is 6.10. The van der Waals surface area contributed by atoms with Gasteiger partial charge in [-0.3, -0.25) is 9.59 Å². The summed E-state index contributed by atoms with van der Waals surface area (Å²) in [7, 11) is 1.56. The van der Waals surface area contributed by atoms with Gasteiger partial charge in [0.1, 0.15) is 5.75 Å². The van der Waals surface area contributed by atoms with Crippen LogP contribution >= 0.6 is 0 Å². The van der Waals surface area contributed by atoms with E-state index < -0.39 is 0 Å². The van der Waals surface area contributed by atoms with Crippen molar-refractivity contribution in [1.82, 2.24) is 0 Å². The molecule has 4 nitrogen and oxygen atoms in total. The van der Waals surface area contributed by atoms with Crippen LogP contribution in [0.3, 0.4) is 0 Å². The second-order valence-electron chi connectivity index (χ2n) is 7.69. The third kappa shape index (κ3) is 5.03. The maximum atomic E-state index is 13.0. The Balaban J connectivity index is 1.51. The molecule has 1 amide bonds. The summed E-state index contributed by atoms with van der Waals surface area (Å²) in [6.07, 6.45) is 1.98. The molecule has 0 saturated heterocycles. The molecule has 0 fully saturated rings. The predicted molar refractivity (Wildman–Crippen MR) is 129 cm³/mol. The summed E-state index contributed by atoms with van der Waals surface area (Å²) in [4.78, 5) is 25.9. The molecule has 4 aromatic rings. The second-order valence-corrected chi connectivity index (χ2v) is 7.69. The first-order chi connectivity index (χ1) is 15.6. The van der Waals surface area contributed by atoms with E-state index in [2.05, 4.69) is 17.4 Å². The molecule has 160 valence electrons. The SMILES string of the molecule is COc1ccc(C(=O)CCCc2ccccc2)c(NC(=O)c2ccc3ccccc3c2)c1. The minimum Gasteiger partial charge on any atom is -0.497 e. The van der Waals surface area contributed by atoms with Crippen molar-refractivity contribution in [1.29, 1.82) is 0 Å². The minimum absolute atomic E-state index is 0.00241. The zero-order valence-corrected chi connectivity index (χ0v) is 18.0. The summed E-state index contributed by atoms with van der Waals surface area (Å²) in [6, 6.07) is 28.7. The van der Waals surface area contributed by atoms with Gasteiger partial charge in [0.25, 0.3) is 5.91 Å². The fourth-order valence-electron chi connectivity index (χ4n) is 3.75. The van der Waals surface area contributed by atoms with Gasteiger partial charge in [-0.25, -0.2) is 0 Å². The average Bonchev–Trinajstić information content (AvgIpc) is 2.84. The third-order valence-electron chi connectivity index (χ3n) is 5.50. The van der Waals surface area contributed by atoms with Gasteiger partial charge < -0.3 is 10.1 Å². The van der Waals surface area contributed by atoms with Crippen LogP contribution in [0, 0.1) is 0 Å². The quantitative estimate of drug-likeness (QED) is 0.338. The van der Waals surface area contributed by atoms with Crippen LogP contribution in [0.4, 0.5) is 5.69 Å². The topological polar surface area (TPSA) is 55.4 Å². The lowest BCUT2D eigenvalue weighted by molar-refractivity contribution is 0.0981. The molecule has 0 aliphatic carbocycles. The summed E-state index contributed by atoms with van der Waals surface area (Å²) in [5, 5.41) is 4.97.